The van der Waals surface area contributed by atoms with Gasteiger partial charge in [0.25, 0.3) is 10.1 Å². The predicted molar refractivity (Wildman–Crippen MR) is 131 cm³/mol. The first-order valence-electron chi connectivity index (χ1n) is 10.6. The van der Waals surface area contributed by atoms with Gasteiger partial charge in [0, 0.05) is 0 Å². The fraction of sp³-hybridized carbons (Fsp3) is 0.143. The SMILES string of the molecule is Cc1cc2c(c(-c3ccccc3)c1C)Cc1ccccc1-2.Cc1ccc(S(=O)(=O)O)cc1. The quantitative estimate of drug-likeness (QED) is 0.306. The van der Waals surface area contributed by atoms with E-state index in [0.717, 1.165) is 12.0 Å². The van der Waals surface area contributed by atoms with Crippen LogP contribution in [0, 0.1) is 20.8 Å². The molecule has 4 aromatic carbocycles. The minimum Gasteiger partial charge on any atom is -0.282 e. The van der Waals surface area contributed by atoms with Crippen molar-refractivity contribution in [2.45, 2.75) is 32.1 Å². The van der Waals surface area contributed by atoms with E-state index in [1.807, 2.05) is 6.92 Å². The second-order valence-corrected chi connectivity index (χ2v) is 9.63. The zero-order chi connectivity index (χ0) is 22.9. The third-order valence-corrected chi connectivity index (χ3v) is 6.88. The molecule has 1 aliphatic rings. The van der Waals surface area contributed by atoms with Crippen molar-refractivity contribution in [2.75, 3.05) is 0 Å². The maximum atomic E-state index is 10.5. The maximum absolute atomic E-state index is 10.5. The summed E-state index contributed by atoms with van der Waals surface area (Å²) in [5.74, 6) is 0. The van der Waals surface area contributed by atoms with E-state index in [9.17, 15) is 8.42 Å². The van der Waals surface area contributed by atoms with Crippen molar-refractivity contribution in [2.24, 2.45) is 0 Å². The minimum atomic E-state index is -4.02. The van der Waals surface area contributed by atoms with E-state index in [1.165, 1.54) is 56.6 Å². The molecule has 4 aromatic rings. The first-order chi connectivity index (χ1) is 15.3. The molecule has 1 N–H and O–H groups in total. The first-order valence-corrected chi connectivity index (χ1v) is 12.0. The summed E-state index contributed by atoms with van der Waals surface area (Å²) in [6.45, 7) is 6.32. The van der Waals surface area contributed by atoms with Crippen molar-refractivity contribution in [3.63, 3.8) is 0 Å². The van der Waals surface area contributed by atoms with Crippen molar-refractivity contribution in [3.8, 4) is 22.3 Å². The fourth-order valence-corrected chi connectivity index (χ4v) is 4.71. The van der Waals surface area contributed by atoms with Crippen LogP contribution in [0.4, 0.5) is 0 Å². The van der Waals surface area contributed by atoms with Crippen LogP contribution in [0.25, 0.3) is 22.3 Å². The lowest BCUT2D eigenvalue weighted by atomic mass is 9.89. The highest BCUT2D eigenvalue weighted by Gasteiger charge is 2.23. The Kier molecular flexibility index (Phi) is 6.00. The van der Waals surface area contributed by atoms with E-state index in [0.29, 0.717) is 0 Å². The molecule has 0 heterocycles. The maximum Gasteiger partial charge on any atom is 0.294 e. The predicted octanol–water partition coefficient (Wildman–Crippen LogP) is 6.78. The Balaban J connectivity index is 0.000000189. The molecule has 1 aliphatic carbocycles. The molecule has 0 radical (unpaired) electrons. The van der Waals surface area contributed by atoms with Crippen LogP contribution in [0.5, 0.6) is 0 Å². The van der Waals surface area contributed by atoms with Crippen LogP contribution in [0.3, 0.4) is 0 Å². The van der Waals surface area contributed by atoms with Gasteiger partial charge in [-0.1, -0.05) is 78.4 Å². The average Bonchev–Trinajstić information content (AvgIpc) is 3.13. The molecular weight excluding hydrogens is 416 g/mol. The molecule has 0 bridgehead atoms. The zero-order valence-corrected chi connectivity index (χ0v) is 19.3. The highest BCUT2D eigenvalue weighted by molar-refractivity contribution is 7.85. The van der Waals surface area contributed by atoms with Crippen molar-refractivity contribution in [1.29, 1.82) is 0 Å². The standard InChI is InChI=1S/C21H18.C7H8O3S/c1-14-12-19-18-11-7-6-10-17(18)13-20(19)21(15(14)2)16-8-4-3-5-9-16;1-6-2-4-7(5-3-6)11(8,9)10/h3-12H,13H2,1-2H3;2-5H,1H3,(H,8,9,10). The highest BCUT2D eigenvalue weighted by atomic mass is 32.2. The molecule has 0 saturated carbocycles. The Morgan fingerprint density at radius 3 is 2.03 bits per heavy atom. The number of hydrogen-bond donors (Lipinski definition) is 1. The molecule has 4 heteroatoms. The lowest BCUT2D eigenvalue weighted by Crippen LogP contribution is -1.96. The van der Waals surface area contributed by atoms with Crippen LogP contribution < -0.4 is 0 Å². The number of hydrogen-bond acceptors (Lipinski definition) is 2. The molecule has 0 atom stereocenters. The summed E-state index contributed by atoms with van der Waals surface area (Å²) in [4.78, 5) is -0.0666. The number of rotatable bonds is 2. The number of benzene rings is 4. The third kappa shape index (κ3) is 4.38. The fourth-order valence-electron chi connectivity index (χ4n) is 4.23. The van der Waals surface area contributed by atoms with Crippen molar-refractivity contribution >= 4 is 10.1 Å². The van der Waals surface area contributed by atoms with Crippen LogP contribution >= 0.6 is 0 Å². The van der Waals surface area contributed by atoms with Crippen LogP contribution in [0.2, 0.25) is 0 Å². The van der Waals surface area contributed by atoms with Gasteiger partial charge >= 0.3 is 0 Å². The summed E-state index contributed by atoms with van der Waals surface area (Å²) < 4.78 is 29.6. The molecule has 0 aromatic heterocycles. The van der Waals surface area contributed by atoms with Crippen molar-refractivity contribution in [3.05, 3.63) is 113 Å². The topological polar surface area (TPSA) is 54.4 Å². The third-order valence-electron chi connectivity index (χ3n) is 6.01. The number of fused-ring (bicyclic) bond motifs is 3. The van der Waals surface area contributed by atoms with Crippen LogP contribution in [0.1, 0.15) is 27.8 Å². The number of aryl methyl sites for hydroxylation is 2. The van der Waals surface area contributed by atoms with Gasteiger partial charge in [0.2, 0.25) is 0 Å². The molecule has 0 fully saturated rings. The second kappa shape index (κ2) is 8.73. The minimum absolute atomic E-state index is 0.0666. The smallest absolute Gasteiger partial charge is 0.282 e. The summed E-state index contributed by atoms with van der Waals surface area (Å²) >= 11 is 0. The molecule has 3 nitrogen and oxygen atoms in total. The van der Waals surface area contributed by atoms with Crippen LogP contribution in [-0.4, -0.2) is 13.0 Å². The van der Waals surface area contributed by atoms with Crippen LogP contribution in [-0.2, 0) is 16.5 Å². The van der Waals surface area contributed by atoms with Gasteiger partial charge in [0.05, 0.1) is 4.90 Å². The van der Waals surface area contributed by atoms with E-state index in [4.69, 9.17) is 4.55 Å². The molecule has 0 saturated heterocycles. The van der Waals surface area contributed by atoms with Gasteiger partial charge in [-0.25, -0.2) is 0 Å². The molecule has 5 rings (SSSR count). The van der Waals surface area contributed by atoms with E-state index in [2.05, 4.69) is 74.5 Å². The molecule has 0 unspecified atom stereocenters. The highest BCUT2D eigenvalue weighted by Crippen LogP contribution is 2.44. The summed E-state index contributed by atoms with van der Waals surface area (Å²) in [6, 6.07) is 28.0. The van der Waals surface area contributed by atoms with Gasteiger partial charge < -0.3 is 0 Å². The molecule has 0 spiro atoms. The van der Waals surface area contributed by atoms with Crippen molar-refractivity contribution < 1.29 is 13.0 Å². The van der Waals surface area contributed by atoms with Gasteiger partial charge in [-0.2, -0.15) is 8.42 Å². The Morgan fingerprint density at radius 1 is 0.750 bits per heavy atom. The molecule has 0 aliphatic heterocycles. The zero-order valence-electron chi connectivity index (χ0n) is 18.5. The molecule has 32 heavy (non-hydrogen) atoms. The van der Waals surface area contributed by atoms with Gasteiger partial charge in [-0.05, 0) is 83.8 Å². The van der Waals surface area contributed by atoms with E-state index in [-0.39, 0.29) is 4.90 Å². The van der Waals surface area contributed by atoms with E-state index in [1.54, 1.807) is 12.1 Å². The van der Waals surface area contributed by atoms with Crippen molar-refractivity contribution in [1.82, 2.24) is 0 Å². The van der Waals surface area contributed by atoms with Gasteiger partial charge in [-0.15, -0.1) is 0 Å². The molecular formula is C28H26O3S. The first kappa shape index (κ1) is 22.0. The van der Waals surface area contributed by atoms with Gasteiger partial charge in [0.1, 0.15) is 0 Å². The lowest BCUT2D eigenvalue weighted by molar-refractivity contribution is 0.483. The van der Waals surface area contributed by atoms with Gasteiger partial charge in [0.15, 0.2) is 0 Å². The summed E-state index contributed by atoms with van der Waals surface area (Å²) in [5.41, 5.74) is 12.3. The summed E-state index contributed by atoms with van der Waals surface area (Å²) in [6.07, 6.45) is 1.05. The Hall–Kier alpha value is -3.21. The lowest BCUT2D eigenvalue weighted by Gasteiger charge is -2.15. The Bertz CT molecular complexity index is 1370. The Labute approximate surface area is 190 Å². The van der Waals surface area contributed by atoms with E-state index < -0.39 is 10.1 Å². The molecule has 162 valence electrons. The summed E-state index contributed by atoms with van der Waals surface area (Å²) in [7, 11) is -4.02. The normalized spacial score (nSPS) is 11.9. The van der Waals surface area contributed by atoms with Gasteiger partial charge in [-0.3, -0.25) is 4.55 Å². The second-order valence-electron chi connectivity index (χ2n) is 8.21. The Morgan fingerprint density at radius 2 is 1.38 bits per heavy atom. The largest absolute Gasteiger partial charge is 0.294 e. The molecule has 0 amide bonds. The average molecular weight is 443 g/mol. The monoisotopic (exact) mass is 442 g/mol. The van der Waals surface area contributed by atoms with E-state index >= 15 is 0 Å². The summed E-state index contributed by atoms with van der Waals surface area (Å²) in [5, 5.41) is 0. The van der Waals surface area contributed by atoms with Crippen LogP contribution in [0.15, 0.2) is 89.8 Å².